The first kappa shape index (κ1) is 10.6. The molecule has 0 unspecified atom stereocenters. The van der Waals surface area contributed by atoms with Crippen molar-refractivity contribution in [3.8, 4) is 11.5 Å². The van der Waals surface area contributed by atoms with Crippen molar-refractivity contribution in [3.05, 3.63) is 36.4 Å². The van der Waals surface area contributed by atoms with Crippen LogP contribution in [-0.2, 0) is 0 Å². The lowest BCUT2D eigenvalue weighted by Crippen LogP contribution is -2.08. The number of methoxy groups -OCH3 is 1. The zero-order chi connectivity index (χ0) is 10.6. The summed E-state index contributed by atoms with van der Waals surface area (Å²) in [5.41, 5.74) is 6.72. The second kappa shape index (κ2) is 4.67. The number of ether oxygens (including phenoxy) is 1. The highest BCUT2D eigenvalue weighted by atomic mass is 16.5. The quantitative estimate of drug-likeness (QED) is 0.719. The summed E-state index contributed by atoms with van der Waals surface area (Å²) >= 11 is 0. The summed E-state index contributed by atoms with van der Waals surface area (Å²) in [6, 6.07) is 5.04. The van der Waals surface area contributed by atoms with E-state index in [-0.39, 0.29) is 11.8 Å². The molecule has 1 aromatic carbocycles. The van der Waals surface area contributed by atoms with E-state index < -0.39 is 0 Å². The van der Waals surface area contributed by atoms with Gasteiger partial charge in [-0.25, -0.2) is 0 Å². The summed E-state index contributed by atoms with van der Waals surface area (Å²) in [5, 5.41) is 9.50. The monoisotopic (exact) mass is 193 g/mol. The molecule has 0 radical (unpaired) electrons. The van der Waals surface area contributed by atoms with Crippen molar-refractivity contribution in [2.75, 3.05) is 7.11 Å². The van der Waals surface area contributed by atoms with Gasteiger partial charge in [-0.3, -0.25) is 0 Å². The van der Waals surface area contributed by atoms with Gasteiger partial charge in [0.05, 0.1) is 7.11 Å². The van der Waals surface area contributed by atoms with Crippen LogP contribution >= 0.6 is 0 Å². The van der Waals surface area contributed by atoms with E-state index in [2.05, 4.69) is 6.58 Å². The van der Waals surface area contributed by atoms with Crippen molar-refractivity contribution in [1.29, 1.82) is 0 Å². The number of rotatable bonds is 4. The molecule has 0 fully saturated rings. The van der Waals surface area contributed by atoms with Crippen molar-refractivity contribution in [2.24, 2.45) is 5.73 Å². The molecule has 0 saturated carbocycles. The first-order chi connectivity index (χ1) is 6.69. The molecular formula is C11H15NO2. The summed E-state index contributed by atoms with van der Waals surface area (Å²) in [5.74, 6) is 0.573. The maximum Gasteiger partial charge on any atom is 0.160 e. The molecule has 0 amide bonds. The number of hydrogen-bond acceptors (Lipinski definition) is 3. The molecule has 3 heteroatoms. The van der Waals surface area contributed by atoms with Gasteiger partial charge in [-0.05, 0) is 24.1 Å². The third-order valence-electron chi connectivity index (χ3n) is 2.05. The van der Waals surface area contributed by atoms with E-state index in [0.29, 0.717) is 12.2 Å². The molecule has 0 spiro atoms. The van der Waals surface area contributed by atoms with Crippen LogP contribution in [0, 0.1) is 0 Å². The summed E-state index contributed by atoms with van der Waals surface area (Å²) in [7, 11) is 1.51. The van der Waals surface area contributed by atoms with Crippen molar-refractivity contribution in [2.45, 2.75) is 12.5 Å². The van der Waals surface area contributed by atoms with Gasteiger partial charge in [0.2, 0.25) is 0 Å². The largest absolute Gasteiger partial charge is 0.504 e. The predicted octanol–water partition coefficient (Wildman–Crippen LogP) is 1.98. The molecule has 76 valence electrons. The lowest BCUT2D eigenvalue weighted by atomic mass is 10.0. The van der Waals surface area contributed by atoms with Crippen LogP contribution in [0.15, 0.2) is 30.9 Å². The minimum Gasteiger partial charge on any atom is -0.504 e. The molecule has 3 nitrogen and oxygen atoms in total. The van der Waals surface area contributed by atoms with Crippen LogP contribution in [0.2, 0.25) is 0 Å². The van der Waals surface area contributed by atoms with Gasteiger partial charge in [0, 0.05) is 6.04 Å². The van der Waals surface area contributed by atoms with Gasteiger partial charge in [0.15, 0.2) is 11.5 Å². The third-order valence-corrected chi connectivity index (χ3v) is 2.05. The van der Waals surface area contributed by atoms with E-state index in [1.807, 2.05) is 6.07 Å². The zero-order valence-corrected chi connectivity index (χ0v) is 8.23. The number of phenols is 1. The first-order valence-corrected chi connectivity index (χ1v) is 4.42. The van der Waals surface area contributed by atoms with E-state index >= 15 is 0 Å². The van der Waals surface area contributed by atoms with Crippen LogP contribution in [0.3, 0.4) is 0 Å². The Morgan fingerprint density at radius 2 is 2.36 bits per heavy atom. The fourth-order valence-corrected chi connectivity index (χ4v) is 1.25. The molecular weight excluding hydrogens is 178 g/mol. The van der Waals surface area contributed by atoms with Gasteiger partial charge in [-0.15, -0.1) is 6.58 Å². The SMILES string of the molecule is C=CC[C@H](N)c1ccc(OC)c(O)c1. The average Bonchev–Trinajstić information content (AvgIpc) is 2.18. The number of hydrogen-bond donors (Lipinski definition) is 2. The van der Waals surface area contributed by atoms with E-state index in [9.17, 15) is 5.11 Å². The second-order valence-electron chi connectivity index (χ2n) is 3.06. The van der Waals surface area contributed by atoms with E-state index in [1.54, 1.807) is 18.2 Å². The maximum atomic E-state index is 9.50. The van der Waals surface area contributed by atoms with E-state index in [4.69, 9.17) is 10.5 Å². The van der Waals surface area contributed by atoms with Gasteiger partial charge in [-0.2, -0.15) is 0 Å². The Balaban J connectivity index is 2.90. The van der Waals surface area contributed by atoms with Gasteiger partial charge < -0.3 is 15.6 Å². The Kier molecular flexibility index (Phi) is 3.54. The molecule has 1 rings (SSSR count). The Hall–Kier alpha value is -1.48. The Morgan fingerprint density at radius 3 is 2.86 bits per heavy atom. The topological polar surface area (TPSA) is 55.5 Å². The normalized spacial score (nSPS) is 12.1. The number of benzene rings is 1. The lowest BCUT2D eigenvalue weighted by Gasteiger charge is -2.11. The molecule has 0 aliphatic rings. The van der Waals surface area contributed by atoms with Crippen LogP contribution in [-0.4, -0.2) is 12.2 Å². The maximum absolute atomic E-state index is 9.50. The zero-order valence-electron chi connectivity index (χ0n) is 8.23. The van der Waals surface area contributed by atoms with Crippen LogP contribution in [0.5, 0.6) is 11.5 Å². The fraction of sp³-hybridized carbons (Fsp3) is 0.273. The molecule has 0 aliphatic heterocycles. The molecule has 1 atom stereocenters. The Morgan fingerprint density at radius 1 is 1.64 bits per heavy atom. The van der Waals surface area contributed by atoms with Crippen molar-refractivity contribution >= 4 is 0 Å². The first-order valence-electron chi connectivity index (χ1n) is 4.42. The number of aromatic hydroxyl groups is 1. The van der Waals surface area contributed by atoms with Crippen LogP contribution in [0.4, 0.5) is 0 Å². The molecule has 14 heavy (non-hydrogen) atoms. The standard InChI is InChI=1S/C11H15NO2/c1-3-4-9(12)8-5-6-11(14-2)10(13)7-8/h3,5-7,9,13H,1,4,12H2,2H3/t9-/m0/s1. The number of phenolic OH excluding ortho intramolecular Hbond substituents is 1. The Bertz CT molecular complexity index is 323. The van der Waals surface area contributed by atoms with E-state index in [1.165, 1.54) is 7.11 Å². The highest BCUT2D eigenvalue weighted by molar-refractivity contribution is 5.42. The summed E-state index contributed by atoms with van der Waals surface area (Å²) in [6.45, 7) is 3.62. The fourth-order valence-electron chi connectivity index (χ4n) is 1.25. The van der Waals surface area contributed by atoms with Gasteiger partial charge in [0.25, 0.3) is 0 Å². The minimum absolute atomic E-state index is 0.115. The van der Waals surface area contributed by atoms with Crippen LogP contribution in [0.25, 0.3) is 0 Å². The van der Waals surface area contributed by atoms with Crippen LogP contribution in [0.1, 0.15) is 18.0 Å². The number of nitrogens with two attached hydrogens (primary N) is 1. The van der Waals surface area contributed by atoms with Gasteiger partial charge in [0.1, 0.15) is 0 Å². The lowest BCUT2D eigenvalue weighted by molar-refractivity contribution is 0.372. The van der Waals surface area contributed by atoms with Crippen molar-refractivity contribution < 1.29 is 9.84 Å². The highest BCUT2D eigenvalue weighted by Gasteiger charge is 2.07. The van der Waals surface area contributed by atoms with Crippen molar-refractivity contribution in [3.63, 3.8) is 0 Å². The third kappa shape index (κ3) is 2.26. The molecule has 0 saturated heterocycles. The summed E-state index contributed by atoms with van der Waals surface area (Å²) in [4.78, 5) is 0. The molecule has 0 aromatic heterocycles. The summed E-state index contributed by atoms with van der Waals surface area (Å²) in [6.07, 6.45) is 2.44. The average molecular weight is 193 g/mol. The molecule has 1 aromatic rings. The van der Waals surface area contributed by atoms with E-state index in [0.717, 1.165) is 5.56 Å². The molecule has 0 heterocycles. The second-order valence-corrected chi connectivity index (χ2v) is 3.06. The van der Waals surface area contributed by atoms with Gasteiger partial charge in [-0.1, -0.05) is 12.1 Å². The molecule has 0 bridgehead atoms. The molecule has 0 aliphatic carbocycles. The van der Waals surface area contributed by atoms with Gasteiger partial charge >= 0.3 is 0 Å². The van der Waals surface area contributed by atoms with Crippen molar-refractivity contribution in [1.82, 2.24) is 0 Å². The van der Waals surface area contributed by atoms with Crippen LogP contribution < -0.4 is 10.5 Å². The molecule has 3 N–H and O–H groups in total. The predicted molar refractivity (Wildman–Crippen MR) is 56.4 cm³/mol. The summed E-state index contributed by atoms with van der Waals surface area (Å²) < 4.78 is 4.93. The smallest absolute Gasteiger partial charge is 0.160 e. The highest BCUT2D eigenvalue weighted by Crippen LogP contribution is 2.28. The minimum atomic E-state index is -0.121. The Labute approximate surface area is 83.8 Å².